The Morgan fingerprint density at radius 2 is 2.00 bits per heavy atom. The van der Waals surface area contributed by atoms with Crippen molar-refractivity contribution in [1.82, 2.24) is 4.57 Å². The fourth-order valence-electron chi connectivity index (χ4n) is 2.02. The van der Waals surface area contributed by atoms with Gasteiger partial charge in [0, 0.05) is 22.4 Å². The standard InChI is InChI=1S/C14H13BrN2O2/c15-9-7-13(17(8-9)11-3-4-11)14(19)16-10-1-5-12(18)6-2-10/h1-2,5-8,11,18H,3-4H2,(H,16,19). The third kappa shape index (κ3) is 2.66. The van der Waals surface area contributed by atoms with E-state index < -0.39 is 0 Å². The molecular formula is C14H13BrN2O2. The van der Waals surface area contributed by atoms with Gasteiger partial charge in [-0.3, -0.25) is 4.79 Å². The van der Waals surface area contributed by atoms with Crippen LogP contribution >= 0.6 is 15.9 Å². The summed E-state index contributed by atoms with van der Waals surface area (Å²) in [5, 5.41) is 12.0. The van der Waals surface area contributed by atoms with E-state index in [-0.39, 0.29) is 11.7 Å². The maximum atomic E-state index is 12.3. The number of hydrogen-bond donors (Lipinski definition) is 2. The van der Waals surface area contributed by atoms with E-state index in [9.17, 15) is 9.90 Å². The van der Waals surface area contributed by atoms with Gasteiger partial charge >= 0.3 is 0 Å². The number of nitrogens with zero attached hydrogens (tertiary/aromatic N) is 1. The highest BCUT2D eigenvalue weighted by Gasteiger charge is 2.27. The van der Waals surface area contributed by atoms with Crippen molar-refractivity contribution < 1.29 is 9.90 Å². The average molecular weight is 321 g/mol. The number of nitrogens with one attached hydrogen (secondary N) is 1. The number of aromatic hydroxyl groups is 1. The first-order chi connectivity index (χ1) is 9.13. The van der Waals surface area contributed by atoms with Crippen LogP contribution in [0.1, 0.15) is 29.4 Å². The number of phenols is 1. The van der Waals surface area contributed by atoms with E-state index in [4.69, 9.17) is 0 Å². The highest BCUT2D eigenvalue weighted by atomic mass is 79.9. The second-order valence-corrected chi connectivity index (χ2v) is 5.60. The average Bonchev–Trinajstić information content (AvgIpc) is 3.15. The van der Waals surface area contributed by atoms with Crippen molar-refractivity contribution in [3.8, 4) is 5.75 Å². The molecule has 0 radical (unpaired) electrons. The lowest BCUT2D eigenvalue weighted by molar-refractivity contribution is 0.101. The zero-order valence-electron chi connectivity index (χ0n) is 10.1. The molecule has 1 heterocycles. The largest absolute Gasteiger partial charge is 0.508 e. The highest BCUT2D eigenvalue weighted by Crippen LogP contribution is 2.37. The number of carbonyl (C=O) groups is 1. The van der Waals surface area contributed by atoms with Gasteiger partial charge in [0.1, 0.15) is 11.4 Å². The van der Waals surface area contributed by atoms with E-state index in [1.54, 1.807) is 24.3 Å². The van der Waals surface area contributed by atoms with Gasteiger partial charge in [-0.1, -0.05) is 0 Å². The molecule has 98 valence electrons. The molecule has 2 N–H and O–H groups in total. The summed E-state index contributed by atoms with van der Waals surface area (Å²) in [4.78, 5) is 12.3. The Kier molecular flexibility index (Phi) is 3.06. The minimum atomic E-state index is -0.136. The summed E-state index contributed by atoms with van der Waals surface area (Å²) in [5.41, 5.74) is 1.32. The molecule has 1 saturated carbocycles. The first-order valence-electron chi connectivity index (χ1n) is 6.11. The second-order valence-electron chi connectivity index (χ2n) is 4.68. The number of carbonyl (C=O) groups excluding carboxylic acids is 1. The van der Waals surface area contributed by atoms with Crippen LogP contribution in [0.25, 0.3) is 0 Å². The predicted molar refractivity (Wildman–Crippen MR) is 76.5 cm³/mol. The van der Waals surface area contributed by atoms with Crippen LogP contribution in [0.5, 0.6) is 5.75 Å². The van der Waals surface area contributed by atoms with Crippen LogP contribution in [0.4, 0.5) is 5.69 Å². The van der Waals surface area contributed by atoms with Gasteiger partial charge in [0.2, 0.25) is 0 Å². The van der Waals surface area contributed by atoms with Gasteiger partial charge in [-0.25, -0.2) is 0 Å². The van der Waals surface area contributed by atoms with Crippen LogP contribution in [-0.2, 0) is 0 Å². The first-order valence-corrected chi connectivity index (χ1v) is 6.90. The number of benzene rings is 1. The van der Waals surface area contributed by atoms with E-state index in [2.05, 4.69) is 21.2 Å². The molecule has 0 atom stereocenters. The molecular weight excluding hydrogens is 308 g/mol. The molecule has 1 aromatic carbocycles. The summed E-state index contributed by atoms with van der Waals surface area (Å²) in [5.74, 6) is 0.0467. The first kappa shape index (κ1) is 12.3. The van der Waals surface area contributed by atoms with Gasteiger partial charge in [-0.2, -0.15) is 0 Å². The van der Waals surface area contributed by atoms with Crippen LogP contribution < -0.4 is 5.32 Å². The van der Waals surface area contributed by atoms with Crippen molar-refractivity contribution in [3.05, 3.63) is 46.7 Å². The molecule has 1 aliphatic rings. The fourth-order valence-corrected chi connectivity index (χ4v) is 2.46. The lowest BCUT2D eigenvalue weighted by atomic mass is 10.3. The van der Waals surface area contributed by atoms with Crippen molar-refractivity contribution in [1.29, 1.82) is 0 Å². The summed E-state index contributed by atoms with van der Waals surface area (Å²) in [6.45, 7) is 0. The van der Waals surface area contributed by atoms with E-state index in [0.29, 0.717) is 17.4 Å². The zero-order chi connectivity index (χ0) is 13.4. The van der Waals surface area contributed by atoms with E-state index in [0.717, 1.165) is 17.3 Å². The monoisotopic (exact) mass is 320 g/mol. The smallest absolute Gasteiger partial charge is 0.272 e. The fraction of sp³-hybridized carbons (Fsp3) is 0.214. The molecule has 0 unspecified atom stereocenters. The molecule has 1 fully saturated rings. The molecule has 0 saturated heterocycles. The van der Waals surface area contributed by atoms with Crippen LogP contribution in [0.3, 0.4) is 0 Å². The van der Waals surface area contributed by atoms with Crippen molar-refractivity contribution in [2.75, 3.05) is 5.32 Å². The number of halogens is 1. The number of amides is 1. The molecule has 0 spiro atoms. The Balaban J connectivity index is 1.82. The molecule has 1 aliphatic carbocycles. The number of hydrogen-bond acceptors (Lipinski definition) is 2. The van der Waals surface area contributed by atoms with Crippen LogP contribution in [0, 0.1) is 0 Å². The SMILES string of the molecule is O=C(Nc1ccc(O)cc1)c1cc(Br)cn1C1CC1. The molecule has 0 bridgehead atoms. The molecule has 19 heavy (non-hydrogen) atoms. The van der Waals surface area contributed by atoms with Crippen molar-refractivity contribution in [3.63, 3.8) is 0 Å². The summed E-state index contributed by atoms with van der Waals surface area (Å²) in [6, 6.07) is 8.72. The van der Waals surface area contributed by atoms with Crippen LogP contribution in [-0.4, -0.2) is 15.6 Å². The van der Waals surface area contributed by atoms with Crippen molar-refractivity contribution in [2.24, 2.45) is 0 Å². The van der Waals surface area contributed by atoms with Gasteiger partial charge in [-0.05, 0) is 59.1 Å². The predicted octanol–water partition coefficient (Wildman–Crippen LogP) is 3.54. The Bertz CT molecular complexity index is 615. The summed E-state index contributed by atoms with van der Waals surface area (Å²) in [7, 11) is 0. The van der Waals surface area contributed by atoms with Crippen LogP contribution in [0.2, 0.25) is 0 Å². The quantitative estimate of drug-likeness (QED) is 0.850. The van der Waals surface area contributed by atoms with Gasteiger partial charge < -0.3 is 15.0 Å². The minimum absolute atomic E-state index is 0.136. The minimum Gasteiger partial charge on any atom is -0.508 e. The van der Waals surface area contributed by atoms with Gasteiger partial charge in [0.05, 0.1) is 0 Å². The van der Waals surface area contributed by atoms with Gasteiger partial charge in [-0.15, -0.1) is 0 Å². The summed E-state index contributed by atoms with van der Waals surface area (Å²) >= 11 is 3.41. The summed E-state index contributed by atoms with van der Waals surface area (Å²) in [6.07, 6.45) is 4.20. The third-order valence-electron chi connectivity index (χ3n) is 3.11. The van der Waals surface area contributed by atoms with E-state index in [1.165, 1.54) is 0 Å². The van der Waals surface area contributed by atoms with Gasteiger partial charge in [0.15, 0.2) is 0 Å². The van der Waals surface area contributed by atoms with Crippen LogP contribution in [0.15, 0.2) is 41.0 Å². The molecule has 3 rings (SSSR count). The topological polar surface area (TPSA) is 54.3 Å². The lowest BCUT2D eigenvalue weighted by Crippen LogP contribution is -2.16. The lowest BCUT2D eigenvalue weighted by Gasteiger charge is -2.08. The zero-order valence-corrected chi connectivity index (χ0v) is 11.7. The number of rotatable bonds is 3. The Labute approximate surface area is 119 Å². The highest BCUT2D eigenvalue weighted by molar-refractivity contribution is 9.10. The molecule has 2 aromatic rings. The van der Waals surface area contributed by atoms with Crippen molar-refractivity contribution >= 4 is 27.5 Å². The van der Waals surface area contributed by atoms with E-state index in [1.807, 2.05) is 16.8 Å². The molecule has 0 aliphatic heterocycles. The normalized spacial score (nSPS) is 14.4. The maximum Gasteiger partial charge on any atom is 0.272 e. The second kappa shape index (κ2) is 4.74. The molecule has 1 aromatic heterocycles. The Morgan fingerprint density at radius 1 is 1.32 bits per heavy atom. The van der Waals surface area contributed by atoms with E-state index >= 15 is 0 Å². The molecule has 4 nitrogen and oxygen atoms in total. The Hall–Kier alpha value is -1.75. The molecule has 1 amide bonds. The molecule has 5 heteroatoms. The summed E-state index contributed by atoms with van der Waals surface area (Å²) < 4.78 is 2.93. The number of aromatic nitrogens is 1. The van der Waals surface area contributed by atoms with Gasteiger partial charge in [0.25, 0.3) is 5.91 Å². The Morgan fingerprint density at radius 3 is 2.63 bits per heavy atom. The van der Waals surface area contributed by atoms with Crippen molar-refractivity contribution in [2.45, 2.75) is 18.9 Å². The number of anilines is 1. The third-order valence-corrected chi connectivity index (χ3v) is 3.55. The number of phenolic OH excluding ortho intramolecular Hbond substituents is 1. The maximum absolute atomic E-state index is 12.3.